The Morgan fingerprint density at radius 3 is 2.50 bits per heavy atom. The fraction of sp³-hybridized carbons (Fsp3) is 0.385. The second-order valence-corrected chi connectivity index (χ2v) is 4.88. The molecule has 0 unspecified atom stereocenters. The predicted octanol–water partition coefficient (Wildman–Crippen LogP) is -7.68. The zero-order valence-electron chi connectivity index (χ0n) is 14.0. The Morgan fingerprint density at radius 1 is 1.38 bits per heavy atom. The molecule has 0 atom stereocenters. The number of carbonyl (C=O) groups is 2. The summed E-state index contributed by atoms with van der Waals surface area (Å²) in [5.74, 6) is -3.74. The molecule has 1 aliphatic rings. The quantitative estimate of drug-likeness (QED) is 0.291. The van der Waals surface area contributed by atoms with Gasteiger partial charge in [0.15, 0.2) is 0 Å². The molecule has 24 heavy (non-hydrogen) atoms. The molecule has 1 aromatic heterocycles. The van der Waals surface area contributed by atoms with Crippen LogP contribution in [-0.2, 0) is 9.59 Å². The zero-order valence-corrected chi connectivity index (χ0v) is 18.8. The van der Waals surface area contributed by atoms with Crippen LogP contribution >= 0.6 is 11.7 Å². The molecule has 0 aliphatic carbocycles. The van der Waals surface area contributed by atoms with Gasteiger partial charge in [0.2, 0.25) is 0 Å². The van der Waals surface area contributed by atoms with Gasteiger partial charge in [0, 0.05) is 13.1 Å². The molecule has 120 valence electrons. The van der Waals surface area contributed by atoms with Crippen molar-refractivity contribution in [3.63, 3.8) is 0 Å². The summed E-state index contributed by atoms with van der Waals surface area (Å²) in [6.07, 6.45) is 4.99. The maximum absolute atomic E-state index is 8.93. The van der Waals surface area contributed by atoms with E-state index in [0.29, 0.717) is 12.5 Å². The van der Waals surface area contributed by atoms with Gasteiger partial charge in [-0.2, -0.15) is 4.37 Å². The molecule has 0 spiro atoms. The Morgan fingerprint density at radius 2 is 2.00 bits per heavy atom. The summed E-state index contributed by atoms with van der Waals surface area (Å²) in [6.45, 7) is 6.11. The van der Waals surface area contributed by atoms with Crippen molar-refractivity contribution >= 4 is 29.2 Å². The third kappa shape index (κ3) is 9.28. The van der Waals surface area contributed by atoms with E-state index >= 15 is 0 Å². The van der Waals surface area contributed by atoms with E-state index < -0.39 is 11.9 Å². The number of nitrogens with zero attached hydrogens (tertiary/aromatic N) is 3. The monoisotopic (exact) mass is 371 g/mol. The van der Waals surface area contributed by atoms with Gasteiger partial charge < -0.3 is 29.4 Å². The summed E-state index contributed by atoms with van der Waals surface area (Å²) in [5.41, 5.74) is 2.10. The number of aromatic nitrogens is 2. The van der Waals surface area contributed by atoms with Crippen LogP contribution in [-0.4, -0.2) is 52.3 Å². The molecule has 0 N–H and O–H groups in total. The molecule has 2 rings (SSSR count). The molecule has 8 nitrogen and oxygen atoms in total. The van der Waals surface area contributed by atoms with E-state index in [1.807, 2.05) is 0 Å². The summed E-state index contributed by atoms with van der Waals surface area (Å²) in [5, 5.41) is 17.9. The number of likely N-dealkylation sites (N-methyl/N-ethyl adjacent to an activating group) is 1. The molecule has 0 saturated carbocycles. The molecule has 0 bridgehead atoms. The van der Waals surface area contributed by atoms with Crippen molar-refractivity contribution in [1.29, 1.82) is 0 Å². The van der Waals surface area contributed by atoms with Crippen LogP contribution in [0.5, 0.6) is 5.88 Å². The van der Waals surface area contributed by atoms with Gasteiger partial charge >= 0.3 is 59.1 Å². The van der Waals surface area contributed by atoms with E-state index in [9.17, 15) is 0 Å². The summed E-state index contributed by atoms with van der Waals surface area (Å²) < 4.78 is 13.9. The number of ether oxygens (including phenoxy) is 1. The van der Waals surface area contributed by atoms with E-state index in [-0.39, 0.29) is 59.1 Å². The smallest absolute Gasteiger partial charge is 0.543 e. The van der Waals surface area contributed by atoms with Crippen LogP contribution in [0.1, 0.15) is 12.1 Å². The average Bonchev–Trinajstić information content (AvgIpc) is 2.94. The third-order valence-corrected chi connectivity index (χ3v) is 3.12. The molecule has 0 saturated heterocycles. The van der Waals surface area contributed by atoms with E-state index in [2.05, 4.69) is 33.3 Å². The number of hydrogen-bond acceptors (Lipinski definition) is 9. The molecular formula is C13H15N3Na2O5S. The van der Waals surface area contributed by atoms with Crippen LogP contribution in [0.3, 0.4) is 0 Å². The third-order valence-electron chi connectivity index (χ3n) is 2.61. The van der Waals surface area contributed by atoms with Crippen molar-refractivity contribution in [1.82, 2.24) is 13.6 Å². The SMILES string of the molecule is C=CCOc1nsnc1C1=CCCN(C)C1.O=C([O-])C(=O)[O-].[Na+].[Na+]. The number of rotatable bonds is 4. The second-order valence-electron chi connectivity index (χ2n) is 4.35. The molecule has 2 heterocycles. The predicted molar refractivity (Wildman–Crippen MR) is 75.7 cm³/mol. The number of aliphatic carboxylic acids is 2. The van der Waals surface area contributed by atoms with E-state index in [1.165, 1.54) is 17.3 Å². The maximum Gasteiger partial charge on any atom is 1.00 e. The van der Waals surface area contributed by atoms with Gasteiger partial charge in [0.05, 0.1) is 23.7 Å². The number of carboxylic acids is 2. The van der Waals surface area contributed by atoms with Crippen LogP contribution in [0.4, 0.5) is 0 Å². The molecule has 11 heteroatoms. The van der Waals surface area contributed by atoms with Gasteiger partial charge in [-0.1, -0.05) is 18.7 Å². The van der Waals surface area contributed by atoms with Crippen LogP contribution in [0, 0.1) is 0 Å². The molecule has 1 aliphatic heterocycles. The Balaban J connectivity index is 0. The van der Waals surface area contributed by atoms with E-state index in [4.69, 9.17) is 24.5 Å². The maximum atomic E-state index is 8.93. The van der Waals surface area contributed by atoms with E-state index in [0.717, 1.165) is 25.2 Å². The molecule has 0 aromatic carbocycles. The van der Waals surface area contributed by atoms with Crippen LogP contribution in [0.2, 0.25) is 0 Å². The standard InChI is InChI=1S/C11H15N3OS.C2H2O4.2Na/c1-3-7-15-11-10(12-16-13-11)9-5-4-6-14(2)8-9;3-1(4)2(5)6;;/h3,5H,1,4,6-8H2,2H3;(H,3,4)(H,5,6);;/q;;2*+1/p-2. The Kier molecular flexibility index (Phi) is 15.1. The molecule has 0 amide bonds. The molecule has 0 radical (unpaired) electrons. The van der Waals surface area contributed by atoms with Crippen molar-refractivity contribution in [2.24, 2.45) is 0 Å². The zero-order chi connectivity index (χ0) is 16.5. The first kappa shape index (κ1) is 26.0. The summed E-state index contributed by atoms with van der Waals surface area (Å²) in [7, 11) is 2.11. The number of carboxylic acid groups (broad SMARTS) is 2. The first-order valence-corrected chi connectivity index (χ1v) is 7.05. The van der Waals surface area contributed by atoms with Crippen LogP contribution in [0.25, 0.3) is 5.57 Å². The van der Waals surface area contributed by atoms with Gasteiger partial charge in [-0.3, -0.25) is 0 Å². The van der Waals surface area contributed by atoms with Crippen molar-refractivity contribution in [2.75, 3.05) is 26.7 Å². The number of carbonyl (C=O) groups excluding carboxylic acids is 2. The largest absolute Gasteiger partial charge is 1.00 e. The van der Waals surface area contributed by atoms with Gasteiger partial charge in [0.1, 0.15) is 12.3 Å². The summed E-state index contributed by atoms with van der Waals surface area (Å²) in [4.78, 5) is 20.1. The van der Waals surface area contributed by atoms with Gasteiger partial charge in [-0.25, -0.2) is 0 Å². The summed E-state index contributed by atoms with van der Waals surface area (Å²) >= 11 is 1.19. The van der Waals surface area contributed by atoms with Gasteiger partial charge in [-0.15, -0.1) is 4.37 Å². The van der Waals surface area contributed by atoms with Crippen molar-refractivity contribution in [3.8, 4) is 5.88 Å². The minimum Gasteiger partial charge on any atom is -0.543 e. The average molecular weight is 371 g/mol. The van der Waals surface area contributed by atoms with Crippen LogP contribution < -0.4 is 74.1 Å². The number of hydrogen-bond donors (Lipinski definition) is 0. The molecule has 0 fully saturated rings. The van der Waals surface area contributed by atoms with Crippen molar-refractivity contribution in [3.05, 3.63) is 24.4 Å². The minimum absolute atomic E-state index is 0. The topological polar surface area (TPSA) is 119 Å². The van der Waals surface area contributed by atoms with Gasteiger partial charge in [0.25, 0.3) is 5.88 Å². The Bertz CT molecular complexity index is 568. The fourth-order valence-electron chi connectivity index (χ4n) is 1.67. The first-order chi connectivity index (χ1) is 10.5. The van der Waals surface area contributed by atoms with Crippen LogP contribution in [0.15, 0.2) is 18.7 Å². The van der Waals surface area contributed by atoms with E-state index in [1.54, 1.807) is 6.08 Å². The summed E-state index contributed by atoms with van der Waals surface area (Å²) in [6, 6.07) is 0. The van der Waals surface area contributed by atoms with Crippen molar-refractivity contribution < 1.29 is 83.7 Å². The normalized spacial score (nSPS) is 13.1. The minimum atomic E-state index is -2.19. The Hall–Kier alpha value is -0.260. The van der Waals surface area contributed by atoms with Gasteiger partial charge in [-0.05, 0) is 19.0 Å². The van der Waals surface area contributed by atoms with Crippen molar-refractivity contribution in [2.45, 2.75) is 6.42 Å². The molecular weight excluding hydrogens is 356 g/mol. The molecule has 1 aromatic rings. The second kappa shape index (κ2) is 14.0. The first-order valence-electron chi connectivity index (χ1n) is 6.32. The Labute approximate surface area is 188 Å². The fourth-order valence-corrected chi connectivity index (χ4v) is 2.21.